The van der Waals surface area contributed by atoms with Gasteiger partial charge in [0.1, 0.15) is 0 Å². The first-order valence-corrected chi connectivity index (χ1v) is 11.7. The maximum Gasteiger partial charge on any atom is 0.379 e. The van der Waals surface area contributed by atoms with E-state index in [0.29, 0.717) is 12.6 Å². The number of nitrogens with one attached hydrogen (secondary N) is 1. The van der Waals surface area contributed by atoms with Gasteiger partial charge in [-0.3, -0.25) is 9.78 Å². The molecule has 1 amide bonds. The number of alkyl halides is 3. The average Bonchev–Trinajstić information content (AvgIpc) is 3.04. The summed E-state index contributed by atoms with van der Waals surface area (Å²) in [5.41, 5.74) is 4.90. The standard InChI is InChI=1S/C25H34N4O.CHF3/c1-25(2)22-10-6-5-8-18(22)14-23(25)27-20-11-12-21(26-15-20)17-29(4)24(30)19-9-7-13-28(3)16-19;2-1(3)4/h5-6,8,10-12,15,19,23,27H,7,9,13-14,16-17H2,1-4H3;1H. The monoisotopic (exact) mass is 476 g/mol. The summed E-state index contributed by atoms with van der Waals surface area (Å²) >= 11 is 0. The van der Waals surface area contributed by atoms with Crippen LogP contribution in [0, 0.1) is 5.92 Å². The number of anilines is 1. The Morgan fingerprint density at radius 3 is 2.56 bits per heavy atom. The summed E-state index contributed by atoms with van der Waals surface area (Å²) < 4.78 is 29.0. The molecule has 1 saturated heterocycles. The number of benzene rings is 1. The summed E-state index contributed by atoms with van der Waals surface area (Å²) in [5, 5.41) is 3.69. The van der Waals surface area contributed by atoms with E-state index in [1.807, 2.05) is 24.2 Å². The molecule has 2 unspecified atom stereocenters. The molecule has 0 spiro atoms. The second kappa shape index (κ2) is 11.2. The second-order valence-corrected chi connectivity index (χ2v) is 9.86. The van der Waals surface area contributed by atoms with Crippen LogP contribution in [0.1, 0.15) is 43.5 Å². The summed E-state index contributed by atoms with van der Waals surface area (Å²) in [6.07, 6.45) is 5.02. The normalized spacial score (nSPS) is 21.4. The van der Waals surface area contributed by atoms with Gasteiger partial charge in [-0.15, -0.1) is 0 Å². The van der Waals surface area contributed by atoms with E-state index in [1.54, 1.807) is 0 Å². The van der Waals surface area contributed by atoms with Crippen molar-refractivity contribution in [1.82, 2.24) is 14.8 Å². The highest BCUT2D eigenvalue weighted by Gasteiger charge is 2.39. The molecule has 34 heavy (non-hydrogen) atoms. The number of pyridine rings is 1. The van der Waals surface area contributed by atoms with Gasteiger partial charge in [-0.05, 0) is 56.1 Å². The Hall–Kier alpha value is -2.61. The largest absolute Gasteiger partial charge is 0.380 e. The van der Waals surface area contributed by atoms with Crippen molar-refractivity contribution in [1.29, 1.82) is 0 Å². The predicted octanol–water partition coefficient (Wildman–Crippen LogP) is 4.87. The molecule has 2 heterocycles. The number of likely N-dealkylation sites (tertiary alicyclic amines) is 1. The zero-order valence-corrected chi connectivity index (χ0v) is 20.4. The first kappa shape index (κ1) is 26.0. The molecule has 1 aromatic carbocycles. The topological polar surface area (TPSA) is 48.5 Å². The van der Waals surface area contributed by atoms with Crippen molar-refractivity contribution in [3.63, 3.8) is 0 Å². The zero-order valence-electron chi connectivity index (χ0n) is 20.4. The number of halogens is 3. The zero-order chi connectivity index (χ0) is 24.9. The van der Waals surface area contributed by atoms with E-state index in [9.17, 15) is 18.0 Å². The van der Waals surface area contributed by atoms with Crippen LogP contribution in [0.15, 0.2) is 42.6 Å². The molecule has 2 aromatic rings. The molecular weight excluding hydrogens is 441 g/mol. The summed E-state index contributed by atoms with van der Waals surface area (Å²) in [5.74, 6) is 0.344. The molecule has 1 N–H and O–H groups in total. The molecule has 1 aliphatic carbocycles. The van der Waals surface area contributed by atoms with E-state index in [2.05, 4.69) is 66.4 Å². The number of rotatable bonds is 5. The van der Waals surface area contributed by atoms with Gasteiger partial charge in [-0.1, -0.05) is 38.1 Å². The lowest BCUT2D eigenvalue weighted by Gasteiger charge is -2.31. The van der Waals surface area contributed by atoms with E-state index < -0.39 is 6.68 Å². The molecule has 5 nitrogen and oxygen atoms in total. The number of carbonyl (C=O) groups excluding carboxylic acids is 1. The first-order chi connectivity index (χ1) is 16.1. The third-order valence-electron chi connectivity index (χ3n) is 6.92. The van der Waals surface area contributed by atoms with Crippen LogP contribution in [0.2, 0.25) is 0 Å². The smallest absolute Gasteiger partial charge is 0.379 e. The summed E-state index contributed by atoms with van der Waals surface area (Å²) in [4.78, 5) is 21.5. The fraction of sp³-hybridized carbons (Fsp3) is 0.538. The third kappa shape index (κ3) is 6.50. The van der Waals surface area contributed by atoms with E-state index in [0.717, 1.165) is 43.7 Å². The molecule has 1 aliphatic heterocycles. The molecule has 0 radical (unpaired) electrons. The van der Waals surface area contributed by atoms with Crippen molar-refractivity contribution >= 4 is 11.6 Å². The highest BCUT2D eigenvalue weighted by molar-refractivity contribution is 5.78. The van der Waals surface area contributed by atoms with Crippen LogP contribution in [-0.4, -0.2) is 60.6 Å². The minimum Gasteiger partial charge on any atom is -0.380 e. The van der Waals surface area contributed by atoms with Gasteiger partial charge in [0.15, 0.2) is 0 Å². The molecule has 2 atom stereocenters. The Morgan fingerprint density at radius 2 is 1.94 bits per heavy atom. The van der Waals surface area contributed by atoms with Crippen LogP contribution in [0.25, 0.3) is 0 Å². The average molecular weight is 477 g/mol. The van der Waals surface area contributed by atoms with Gasteiger partial charge in [0, 0.05) is 25.0 Å². The lowest BCUT2D eigenvalue weighted by atomic mass is 9.83. The number of amides is 1. The minimum atomic E-state index is -3.67. The van der Waals surface area contributed by atoms with Gasteiger partial charge >= 0.3 is 6.68 Å². The maximum atomic E-state index is 12.8. The molecule has 186 valence electrons. The molecule has 2 aliphatic rings. The lowest BCUT2D eigenvalue weighted by molar-refractivity contribution is -0.136. The van der Waals surface area contributed by atoms with Crippen LogP contribution in [0.5, 0.6) is 0 Å². The van der Waals surface area contributed by atoms with Crippen LogP contribution in [0.4, 0.5) is 18.9 Å². The van der Waals surface area contributed by atoms with Crippen molar-refractivity contribution in [2.45, 2.75) is 57.8 Å². The summed E-state index contributed by atoms with van der Waals surface area (Å²) in [6.45, 7) is 3.45. The molecule has 1 fully saturated rings. The number of aromatic nitrogens is 1. The number of piperidine rings is 1. The highest BCUT2D eigenvalue weighted by Crippen LogP contribution is 2.39. The Kier molecular flexibility index (Phi) is 8.57. The van der Waals surface area contributed by atoms with Crippen LogP contribution in [0.3, 0.4) is 0 Å². The number of carbonyl (C=O) groups is 1. The molecular formula is C26H35F3N4O. The van der Waals surface area contributed by atoms with Crippen LogP contribution in [-0.2, 0) is 23.2 Å². The van der Waals surface area contributed by atoms with E-state index in [4.69, 9.17) is 0 Å². The molecule has 0 bridgehead atoms. The highest BCUT2D eigenvalue weighted by atomic mass is 19.4. The van der Waals surface area contributed by atoms with Crippen molar-refractivity contribution in [2.24, 2.45) is 5.92 Å². The number of hydrogen-bond donors (Lipinski definition) is 1. The third-order valence-corrected chi connectivity index (χ3v) is 6.92. The molecule has 0 saturated carbocycles. The van der Waals surface area contributed by atoms with Crippen LogP contribution >= 0.6 is 0 Å². The van der Waals surface area contributed by atoms with E-state index in [-0.39, 0.29) is 17.2 Å². The van der Waals surface area contributed by atoms with Crippen molar-refractivity contribution in [2.75, 3.05) is 32.5 Å². The fourth-order valence-electron chi connectivity index (χ4n) is 5.03. The predicted molar refractivity (Wildman–Crippen MR) is 129 cm³/mol. The first-order valence-electron chi connectivity index (χ1n) is 11.7. The second-order valence-electron chi connectivity index (χ2n) is 9.86. The summed E-state index contributed by atoms with van der Waals surface area (Å²) in [7, 11) is 3.99. The molecule has 1 aromatic heterocycles. The Bertz CT molecular complexity index is 949. The Balaban J connectivity index is 0.000000751. The van der Waals surface area contributed by atoms with Crippen molar-refractivity contribution in [3.8, 4) is 0 Å². The number of nitrogens with zero attached hydrogens (tertiary/aromatic N) is 3. The summed E-state index contributed by atoms with van der Waals surface area (Å²) in [6, 6.07) is 13.2. The Morgan fingerprint density at radius 1 is 1.24 bits per heavy atom. The quantitative estimate of drug-likeness (QED) is 0.669. The van der Waals surface area contributed by atoms with Gasteiger partial charge in [0.05, 0.1) is 30.0 Å². The maximum absolute atomic E-state index is 12.8. The van der Waals surface area contributed by atoms with Crippen molar-refractivity contribution < 1.29 is 18.0 Å². The van der Waals surface area contributed by atoms with Gasteiger partial charge < -0.3 is 15.1 Å². The molecule has 8 heteroatoms. The van der Waals surface area contributed by atoms with Gasteiger partial charge in [-0.2, -0.15) is 13.2 Å². The van der Waals surface area contributed by atoms with Crippen LogP contribution < -0.4 is 5.32 Å². The SMILES string of the molecule is CN1CCCC(C(=O)N(C)Cc2ccc(NC3Cc4ccccc4C3(C)C)cn2)C1.FC(F)F. The van der Waals surface area contributed by atoms with E-state index >= 15 is 0 Å². The number of hydrogen-bond acceptors (Lipinski definition) is 4. The van der Waals surface area contributed by atoms with Crippen molar-refractivity contribution in [3.05, 3.63) is 59.4 Å². The fourth-order valence-corrected chi connectivity index (χ4v) is 5.03. The minimum absolute atomic E-state index is 0.0784. The van der Waals surface area contributed by atoms with E-state index in [1.165, 1.54) is 11.1 Å². The van der Waals surface area contributed by atoms with Gasteiger partial charge in [0.25, 0.3) is 0 Å². The molecule has 4 rings (SSSR count). The van der Waals surface area contributed by atoms with Gasteiger partial charge in [-0.25, -0.2) is 0 Å². The lowest BCUT2D eigenvalue weighted by Crippen LogP contribution is -2.42. The Labute approximate surface area is 200 Å². The number of fused-ring (bicyclic) bond motifs is 1. The van der Waals surface area contributed by atoms with Gasteiger partial charge in [0.2, 0.25) is 5.91 Å².